The molecule has 126 valence electrons. The van der Waals surface area contributed by atoms with Gasteiger partial charge in [0.15, 0.2) is 0 Å². The Kier molecular flexibility index (Phi) is 6.83. The van der Waals surface area contributed by atoms with Crippen molar-refractivity contribution in [2.24, 2.45) is 0 Å². The van der Waals surface area contributed by atoms with Crippen molar-refractivity contribution in [1.82, 2.24) is 5.32 Å². The molecule has 2 N–H and O–H groups in total. The highest BCUT2D eigenvalue weighted by Gasteiger charge is 2.07. The second kappa shape index (κ2) is 9.35. The number of carboxylic acids is 1. The number of hydrogen-bond acceptors (Lipinski definition) is 3. The molecule has 0 unspecified atom stereocenters. The van der Waals surface area contributed by atoms with E-state index >= 15 is 0 Å². The van der Waals surface area contributed by atoms with Crippen molar-refractivity contribution in [2.45, 2.75) is 19.3 Å². The normalized spacial score (nSPS) is 10.2. The molecule has 2 aromatic carbocycles. The lowest BCUT2D eigenvalue weighted by molar-refractivity contribution is -0.135. The molecule has 0 aliphatic carbocycles. The number of benzene rings is 2. The fourth-order valence-corrected chi connectivity index (χ4v) is 2.23. The van der Waals surface area contributed by atoms with Crippen molar-refractivity contribution in [2.75, 3.05) is 13.2 Å². The van der Waals surface area contributed by atoms with E-state index in [0.717, 1.165) is 19.3 Å². The summed E-state index contributed by atoms with van der Waals surface area (Å²) in [6, 6.07) is 17.0. The average Bonchev–Trinajstić information content (AvgIpc) is 2.61. The zero-order valence-electron chi connectivity index (χ0n) is 13.4. The van der Waals surface area contributed by atoms with E-state index in [-0.39, 0.29) is 0 Å². The van der Waals surface area contributed by atoms with E-state index in [0.29, 0.717) is 17.9 Å². The van der Waals surface area contributed by atoms with E-state index in [1.807, 2.05) is 18.2 Å². The maximum absolute atomic E-state index is 11.7. The van der Waals surface area contributed by atoms with Crippen LogP contribution in [-0.2, 0) is 11.2 Å². The van der Waals surface area contributed by atoms with Crippen molar-refractivity contribution >= 4 is 11.9 Å². The Labute approximate surface area is 141 Å². The molecule has 0 fully saturated rings. The molecule has 0 spiro atoms. The second-order valence-electron chi connectivity index (χ2n) is 5.39. The van der Waals surface area contributed by atoms with Crippen molar-refractivity contribution < 1.29 is 19.4 Å². The molecular weight excluding hydrogens is 306 g/mol. The molecule has 1 amide bonds. The predicted molar refractivity (Wildman–Crippen MR) is 91.3 cm³/mol. The minimum absolute atomic E-state index is 0.390. The van der Waals surface area contributed by atoms with Gasteiger partial charge in [0, 0.05) is 5.56 Å². The summed E-state index contributed by atoms with van der Waals surface area (Å²) in [5.74, 6) is -0.782. The third-order valence-electron chi connectivity index (χ3n) is 3.49. The first-order valence-electron chi connectivity index (χ1n) is 7.92. The van der Waals surface area contributed by atoms with Crippen LogP contribution < -0.4 is 10.1 Å². The van der Waals surface area contributed by atoms with Gasteiger partial charge in [-0.25, -0.2) is 0 Å². The zero-order chi connectivity index (χ0) is 17.2. The Balaban J connectivity index is 1.68. The number of carboxylic acid groups (broad SMARTS) is 1. The van der Waals surface area contributed by atoms with Gasteiger partial charge in [-0.1, -0.05) is 30.3 Å². The van der Waals surface area contributed by atoms with Crippen LogP contribution in [0.4, 0.5) is 0 Å². The van der Waals surface area contributed by atoms with Crippen LogP contribution in [0.15, 0.2) is 54.6 Å². The van der Waals surface area contributed by atoms with Crippen LogP contribution in [-0.4, -0.2) is 30.1 Å². The van der Waals surface area contributed by atoms with Crippen LogP contribution in [0.25, 0.3) is 0 Å². The first-order chi connectivity index (χ1) is 11.6. The van der Waals surface area contributed by atoms with E-state index in [1.165, 1.54) is 5.56 Å². The van der Waals surface area contributed by atoms with Gasteiger partial charge in [0.25, 0.3) is 5.91 Å². The van der Waals surface area contributed by atoms with Gasteiger partial charge in [-0.15, -0.1) is 0 Å². The molecule has 0 aliphatic heterocycles. The third kappa shape index (κ3) is 6.12. The number of ether oxygens (including phenoxy) is 1. The number of rotatable bonds is 9. The zero-order valence-corrected chi connectivity index (χ0v) is 13.4. The highest BCUT2D eigenvalue weighted by molar-refractivity contribution is 5.95. The number of unbranched alkanes of at least 4 members (excludes halogenated alkanes) is 1. The highest BCUT2D eigenvalue weighted by atomic mass is 16.5. The van der Waals surface area contributed by atoms with Crippen LogP contribution in [0.5, 0.6) is 5.75 Å². The van der Waals surface area contributed by atoms with Gasteiger partial charge in [0.05, 0.1) is 6.61 Å². The number of nitrogens with one attached hydrogen (secondary N) is 1. The molecule has 0 saturated heterocycles. The van der Waals surface area contributed by atoms with E-state index in [1.54, 1.807) is 24.3 Å². The maximum Gasteiger partial charge on any atom is 0.322 e. The summed E-state index contributed by atoms with van der Waals surface area (Å²) < 4.78 is 5.65. The smallest absolute Gasteiger partial charge is 0.322 e. The summed E-state index contributed by atoms with van der Waals surface area (Å²) in [5.41, 5.74) is 1.74. The lowest BCUT2D eigenvalue weighted by Gasteiger charge is -2.07. The molecule has 0 saturated carbocycles. The van der Waals surface area contributed by atoms with Crippen molar-refractivity contribution in [3.05, 3.63) is 65.7 Å². The third-order valence-corrected chi connectivity index (χ3v) is 3.49. The summed E-state index contributed by atoms with van der Waals surface area (Å²) in [5, 5.41) is 10.8. The first kappa shape index (κ1) is 17.5. The Morgan fingerprint density at radius 3 is 2.33 bits per heavy atom. The molecule has 5 heteroatoms. The number of hydrogen-bond donors (Lipinski definition) is 2. The number of carbonyl (C=O) groups is 2. The molecule has 0 heterocycles. The summed E-state index contributed by atoms with van der Waals surface area (Å²) >= 11 is 0. The summed E-state index contributed by atoms with van der Waals surface area (Å²) in [6.07, 6.45) is 3.04. The van der Waals surface area contributed by atoms with Crippen LogP contribution in [0.3, 0.4) is 0 Å². The molecular formula is C19H21NO4. The number of carbonyl (C=O) groups excluding carboxylic acids is 1. The predicted octanol–water partition coefficient (Wildman–Crippen LogP) is 2.90. The van der Waals surface area contributed by atoms with Gasteiger partial charge in [0.2, 0.25) is 0 Å². The minimum atomic E-state index is -1.07. The molecule has 24 heavy (non-hydrogen) atoms. The van der Waals surface area contributed by atoms with Gasteiger partial charge < -0.3 is 15.2 Å². The van der Waals surface area contributed by atoms with Gasteiger partial charge >= 0.3 is 5.97 Å². The second-order valence-corrected chi connectivity index (χ2v) is 5.39. The number of aryl methyl sites for hydroxylation is 1. The lowest BCUT2D eigenvalue weighted by atomic mass is 10.1. The number of aliphatic carboxylic acids is 1. The molecule has 0 bridgehead atoms. The van der Waals surface area contributed by atoms with Crippen molar-refractivity contribution in [3.63, 3.8) is 0 Å². The van der Waals surface area contributed by atoms with E-state index in [4.69, 9.17) is 9.84 Å². The summed E-state index contributed by atoms with van der Waals surface area (Å²) in [6.45, 7) is 0.232. The van der Waals surface area contributed by atoms with Crippen molar-refractivity contribution in [1.29, 1.82) is 0 Å². The molecule has 5 nitrogen and oxygen atoms in total. The minimum Gasteiger partial charge on any atom is -0.494 e. The van der Waals surface area contributed by atoms with Gasteiger partial charge in [-0.2, -0.15) is 0 Å². The van der Waals surface area contributed by atoms with Crippen LogP contribution in [0.1, 0.15) is 28.8 Å². The Hall–Kier alpha value is -2.82. The topological polar surface area (TPSA) is 75.6 Å². The molecule has 0 radical (unpaired) electrons. The fraction of sp³-hybridized carbons (Fsp3) is 0.263. The van der Waals surface area contributed by atoms with E-state index in [9.17, 15) is 9.59 Å². The standard InChI is InChI=1S/C19H21NO4/c21-18(22)14-20-19(23)16-9-11-17(12-10-16)24-13-5-4-8-15-6-2-1-3-7-15/h1-3,6-7,9-12H,4-5,8,13-14H2,(H,20,23)(H,21,22). The Bertz CT molecular complexity index is 653. The lowest BCUT2D eigenvalue weighted by Crippen LogP contribution is -2.29. The SMILES string of the molecule is O=C(O)CNC(=O)c1ccc(OCCCCc2ccccc2)cc1. The fourth-order valence-electron chi connectivity index (χ4n) is 2.23. The number of amides is 1. The highest BCUT2D eigenvalue weighted by Crippen LogP contribution is 2.13. The molecule has 2 rings (SSSR count). The maximum atomic E-state index is 11.7. The monoisotopic (exact) mass is 327 g/mol. The Morgan fingerprint density at radius 2 is 1.67 bits per heavy atom. The Morgan fingerprint density at radius 1 is 0.958 bits per heavy atom. The van der Waals surface area contributed by atoms with Crippen LogP contribution in [0.2, 0.25) is 0 Å². The van der Waals surface area contributed by atoms with E-state index in [2.05, 4.69) is 17.4 Å². The van der Waals surface area contributed by atoms with Gasteiger partial charge in [-0.05, 0) is 49.1 Å². The quantitative estimate of drug-likeness (QED) is 0.694. The molecule has 0 aliphatic rings. The van der Waals surface area contributed by atoms with Crippen LogP contribution >= 0.6 is 0 Å². The van der Waals surface area contributed by atoms with Gasteiger partial charge in [-0.3, -0.25) is 9.59 Å². The van der Waals surface area contributed by atoms with Crippen molar-refractivity contribution in [3.8, 4) is 5.75 Å². The molecule has 2 aromatic rings. The summed E-state index contributed by atoms with van der Waals surface area (Å²) in [4.78, 5) is 22.1. The molecule has 0 aromatic heterocycles. The molecule has 0 atom stereocenters. The van der Waals surface area contributed by atoms with Gasteiger partial charge in [0.1, 0.15) is 12.3 Å². The first-order valence-corrected chi connectivity index (χ1v) is 7.92. The summed E-state index contributed by atoms with van der Waals surface area (Å²) in [7, 11) is 0. The van der Waals surface area contributed by atoms with E-state index < -0.39 is 18.4 Å². The average molecular weight is 327 g/mol. The largest absolute Gasteiger partial charge is 0.494 e. The van der Waals surface area contributed by atoms with Crippen LogP contribution in [0, 0.1) is 0 Å².